The number of ether oxygens (including phenoxy) is 1. The second kappa shape index (κ2) is 4.61. The predicted octanol–water partition coefficient (Wildman–Crippen LogP) is 2.52. The van der Waals surface area contributed by atoms with Crippen LogP contribution < -0.4 is 0 Å². The summed E-state index contributed by atoms with van der Waals surface area (Å²) in [5.41, 5.74) is 1.85. The van der Waals surface area contributed by atoms with Gasteiger partial charge in [0.25, 0.3) is 0 Å². The summed E-state index contributed by atoms with van der Waals surface area (Å²) in [5, 5.41) is 5.31. The molecule has 0 saturated carbocycles. The van der Waals surface area contributed by atoms with Crippen LogP contribution in [0, 0.1) is 12.7 Å². The van der Waals surface area contributed by atoms with Crippen LogP contribution in [0.15, 0.2) is 18.2 Å². The molecule has 0 radical (unpaired) electrons. The van der Waals surface area contributed by atoms with Gasteiger partial charge in [-0.25, -0.2) is 4.39 Å². The summed E-state index contributed by atoms with van der Waals surface area (Å²) in [6.07, 6.45) is 0.911. The van der Waals surface area contributed by atoms with Gasteiger partial charge in [-0.3, -0.25) is 4.68 Å². The second-order valence-electron chi connectivity index (χ2n) is 3.82. The predicted molar refractivity (Wildman–Crippen MR) is 60.9 cm³/mol. The molecule has 2 rings (SSSR count). The highest BCUT2D eigenvalue weighted by Gasteiger charge is 2.07. The van der Waals surface area contributed by atoms with Crippen molar-refractivity contribution in [3.05, 3.63) is 29.7 Å². The average molecular weight is 222 g/mol. The van der Waals surface area contributed by atoms with Gasteiger partial charge in [0.05, 0.1) is 5.52 Å². The van der Waals surface area contributed by atoms with Gasteiger partial charge in [-0.15, -0.1) is 0 Å². The Morgan fingerprint density at radius 1 is 1.44 bits per heavy atom. The summed E-state index contributed by atoms with van der Waals surface area (Å²) in [6, 6.07) is 4.68. The Balaban J connectivity index is 2.29. The number of halogens is 1. The zero-order valence-electron chi connectivity index (χ0n) is 9.53. The highest BCUT2D eigenvalue weighted by Crippen LogP contribution is 2.18. The fourth-order valence-corrected chi connectivity index (χ4v) is 1.81. The summed E-state index contributed by atoms with van der Waals surface area (Å²) < 4.78 is 20.0. The molecular formula is C12H15FN2O. The Hall–Kier alpha value is -1.42. The monoisotopic (exact) mass is 222 g/mol. The number of fused-ring (bicyclic) bond motifs is 1. The van der Waals surface area contributed by atoms with E-state index in [-0.39, 0.29) is 5.82 Å². The van der Waals surface area contributed by atoms with E-state index in [4.69, 9.17) is 4.74 Å². The molecule has 0 unspecified atom stereocenters. The van der Waals surface area contributed by atoms with Crippen LogP contribution in [0.5, 0.6) is 0 Å². The van der Waals surface area contributed by atoms with Gasteiger partial charge in [0.1, 0.15) is 5.82 Å². The van der Waals surface area contributed by atoms with Crippen LogP contribution in [0.2, 0.25) is 0 Å². The van der Waals surface area contributed by atoms with Crippen molar-refractivity contribution in [1.29, 1.82) is 0 Å². The highest BCUT2D eigenvalue weighted by molar-refractivity contribution is 5.81. The number of nitrogens with zero attached hydrogens (tertiary/aromatic N) is 2. The van der Waals surface area contributed by atoms with Gasteiger partial charge in [-0.1, -0.05) is 0 Å². The molecule has 2 aromatic rings. The van der Waals surface area contributed by atoms with Gasteiger partial charge in [-0.05, 0) is 31.5 Å². The van der Waals surface area contributed by atoms with Crippen molar-refractivity contribution >= 4 is 10.9 Å². The molecule has 0 bridgehead atoms. The Labute approximate surface area is 93.8 Å². The van der Waals surface area contributed by atoms with Crippen molar-refractivity contribution in [2.24, 2.45) is 0 Å². The van der Waals surface area contributed by atoms with Crippen LogP contribution in [0.1, 0.15) is 12.1 Å². The van der Waals surface area contributed by atoms with E-state index in [1.165, 1.54) is 12.1 Å². The lowest BCUT2D eigenvalue weighted by molar-refractivity contribution is 0.189. The van der Waals surface area contributed by atoms with Crippen LogP contribution in [0.25, 0.3) is 10.9 Å². The lowest BCUT2D eigenvalue weighted by atomic mass is 10.2. The molecule has 0 aliphatic carbocycles. The molecule has 1 heterocycles. The van der Waals surface area contributed by atoms with Crippen LogP contribution in [0.4, 0.5) is 4.39 Å². The maximum Gasteiger partial charge on any atom is 0.124 e. The third kappa shape index (κ3) is 2.07. The van der Waals surface area contributed by atoms with E-state index >= 15 is 0 Å². The number of benzene rings is 1. The molecule has 0 fully saturated rings. The number of hydrogen-bond acceptors (Lipinski definition) is 2. The quantitative estimate of drug-likeness (QED) is 0.743. The number of rotatable bonds is 4. The molecule has 1 aromatic carbocycles. The minimum Gasteiger partial charge on any atom is -0.385 e. The Morgan fingerprint density at radius 3 is 3.00 bits per heavy atom. The Morgan fingerprint density at radius 2 is 2.25 bits per heavy atom. The molecule has 0 N–H and O–H groups in total. The number of hydrogen-bond donors (Lipinski definition) is 0. The standard InChI is InChI=1S/C12H15FN2O/c1-9-11-8-10(13)4-5-12(11)14-15(9)6-3-7-16-2/h4-5,8H,3,6-7H2,1-2H3. The van der Waals surface area contributed by atoms with Crippen molar-refractivity contribution in [2.75, 3.05) is 13.7 Å². The highest BCUT2D eigenvalue weighted by atomic mass is 19.1. The number of aryl methyl sites for hydroxylation is 2. The second-order valence-corrected chi connectivity index (χ2v) is 3.82. The van der Waals surface area contributed by atoms with Crippen molar-refractivity contribution in [3.8, 4) is 0 Å². The fraction of sp³-hybridized carbons (Fsp3) is 0.417. The molecule has 0 atom stereocenters. The summed E-state index contributed by atoms with van der Waals surface area (Å²) in [5.74, 6) is -0.216. The molecule has 4 heteroatoms. The third-order valence-corrected chi connectivity index (χ3v) is 2.68. The zero-order valence-corrected chi connectivity index (χ0v) is 9.53. The van der Waals surface area contributed by atoms with E-state index in [1.54, 1.807) is 13.2 Å². The fourth-order valence-electron chi connectivity index (χ4n) is 1.81. The lowest BCUT2D eigenvalue weighted by Gasteiger charge is -2.02. The Kier molecular flexibility index (Phi) is 3.19. The maximum atomic E-state index is 13.1. The molecule has 0 amide bonds. The summed E-state index contributed by atoms with van der Waals surface area (Å²) in [4.78, 5) is 0. The van der Waals surface area contributed by atoms with E-state index in [9.17, 15) is 4.39 Å². The van der Waals surface area contributed by atoms with E-state index < -0.39 is 0 Å². The third-order valence-electron chi connectivity index (χ3n) is 2.68. The zero-order chi connectivity index (χ0) is 11.5. The van der Waals surface area contributed by atoms with Crippen molar-refractivity contribution in [2.45, 2.75) is 19.9 Å². The molecule has 86 valence electrons. The summed E-state index contributed by atoms with van der Waals surface area (Å²) >= 11 is 0. The van der Waals surface area contributed by atoms with Crippen molar-refractivity contribution in [1.82, 2.24) is 9.78 Å². The van der Waals surface area contributed by atoms with Crippen LogP contribution >= 0.6 is 0 Å². The molecule has 0 aliphatic heterocycles. The van der Waals surface area contributed by atoms with Gasteiger partial charge >= 0.3 is 0 Å². The molecule has 1 aromatic heterocycles. The van der Waals surface area contributed by atoms with E-state index in [1.807, 2.05) is 11.6 Å². The first-order valence-corrected chi connectivity index (χ1v) is 5.34. The van der Waals surface area contributed by atoms with Gasteiger partial charge in [0.15, 0.2) is 0 Å². The molecule has 0 saturated heterocycles. The molecule has 3 nitrogen and oxygen atoms in total. The van der Waals surface area contributed by atoms with Gasteiger partial charge in [0.2, 0.25) is 0 Å². The smallest absolute Gasteiger partial charge is 0.124 e. The lowest BCUT2D eigenvalue weighted by Crippen LogP contribution is -2.04. The van der Waals surface area contributed by atoms with Crippen LogP contribution in [0.3, 0.4) is 0 Å². The summed E-state index contributed by atoms with van der Waals surface area (Å²) in [6.45, 7) is 3.47. The summed E-state index contributed by atoms with van der Waals surface area (Å²) in [7, 11) is 1.68. The average Bonchev–Trinajstić information content (AvgIpc) is 2.57. The number of methoxy groups -OCH3 is 1. The van der Waals surface area contributed by atoms with Crippen LogP contribution in [-0.4, -0.2) is 23.5 Å². The maximum absolute atomic E-state index is 13.1. The first kappa shape index (κ1) is 11.1. The van der Waals surface area contributed by atoms with Crippen molar-refractivity contribution in [3.63, 3.8) is 0 Å². The van der Waals surface area contributed by atoms with Gasteiger partial charge in [0, 0.05) is 31.3 Å². The van der Waals surface area contributed by atoms with Crippen molar-refractivity contribution < 1.29 is 9.13 Å². The van der Waals surface area contributed by atoms with Gasteiger partial charge in [-0.2, -0.15) is 5.10 Å². The first-order valence-electron chi connectivity index (χ1n) is 5.34. The number of aromatic nitrogens is 2. The minimum absolute atomic E-state index is 0.216. The first-order chi connectivity index (χ1) is 7.72. The van der Waals surface area contributed by atoms with E-state index in [0.717, 1.165) is 29.6 Å². The molecule has 16 heavy (non-hydrogen) atoms. The normalized spacial score (nSPS) is 11.2. The largest absolute Gasteiger partial charge is 0.385 e. The Bertz CT molecular complexity index is 493. The molecule has 0 spiro atoms. The minimum atomic E-state index is -0.216. The SMILES string of the molecule is COCCCn1nc2ccc(F)cc2c1C. The molecular weight excluding hydrogens is 207 g/mol. The topological polar surface area (TPSA) is 27.1 Å². The van der Waals surface area contributed by atoms with E-state index in [0.29, 0.717) is 6.61 Å². The van der Waals surface area contributed by atoms with Gasteiger partial charge < -0.3 is 4.74 Å². The van der Waals surface area contributed by atoms with E-state index in [2.05, 4.69) is 5.10 Å². The molecule has 0 aliphatic rings. The van der Waals surface area contributed by atoms with Crippen LogP contribution in [-0.2, 0) is 11.3 Å².